The highest BCUT2D eigenvalue weighted by atomic mass is 19.4. The summed E-state index contributed by atoms with van der Waals surface area (Å²) in [5.41, 5.74) is 0.641. The van der Waals surface area contributed by atoms with Crippen molar-refractivity contribution in [1.82, 2.24) is 0 Å². The van der Waals surface area contributed by atoms with Crippen molar-refractivity contribution in [3.05, 3.63) is 68.8 Å². The summed E-state index contributed by atoms with van der Waals surface area (Å²) in [6.45, 7) is 0.456. The van der Waals surface area contributed by atoms with Gasteiger partial charge in [0.15, 0.2) is 0 Å². The first-order chi connectivity index (χ1) is 11.8. The number of rotatable bonds is 2. The summed E-state index contributed by atoms with van der Waals surface area (Å²) in [5, 5.41) is 19.9. The zero-order chi connectivity index (χ0) is 18.2. The van der Waals surface area contributed by atoms with Gasteiger partial charge in [-0.25, -0.2) is 0 Å². The number of nitrogens with zero attached hydrogens (tertiary/aromatic N) is 3. The third-order valence-corrected chi connectivity index (χ3v) is 4.19. The lowest BCUT2D eigenvalue weighted by molar-refractivity contribution is -0.384. The second kappa shape index (κ2) is 6.09. The molecule has 3 rings (SSSR count). The van der Waals surface area contributed by atoms with Crippen LogP contribution in [0.5, 0.6) is 0 Å². The summed E-state index contributed by atoms with van der Waals surface area (Å²) < 4.78 is 39.9. The average molecular weight is 347 g/mol. The molecule has 0 amide bonds. The van der Waals surface area contributed by atoms with Crippen LogP contribution < -0.4 is 4.90 Å². The molecule has 128 valence electrons. The summed E-state index contributed by atoms with van der Waals surface area (Å²) in [4.78, 5) is 11.9. The number of nitro benzene ring substituents is 1. The molecule has 0 bridgehead atoms. The van der Waals surface area contributed by atoms with E-state index in [2.05, 4.69) is 0 Å². The van der Waals surface area contributed by atoms with Crippen molar-refractivity contribution in [2.45, 2.75) is 19.1 Å². The molecule has 0 saturated carbocycles. The Bertz CT molecular complexity index is 888. The first-order valence-electron chi connectivity index (χ1n) is 7.42. The first-order valence-corrected chi connectivity index (χ1v) is 7.42. The quantitative estimate of drug-likeness (QED) is 0.607. The van der Waals surface area contributed by atoms with Gasteiger partial charge in [0, 0.05) is 25.2 Å². The molecule has 5 nitrogen and oxygen atoms in total. The molecule has 0 unspecified atom stereocenters. The van der Waals surface area contributed by atoms with Crippen molar-refractivity contribution in [1.29, 1.82) is 5.26 Å². The largest absolute Gasteiger partial charge is 0.418 e. The number of nitriles is 1. The minimum absolute atomic E-state index is 0.0799. The Morgan fingerprint density at radius 1 is 1.16 bits per heavy atom. The van der Waals surface area contributed by atoms with Gasteiger partial charge >= 0.3 is 6.18 Å². The predicted molar refractivity (Wildman–Crippen MR) is 84.0 cm³/mol. The van der Waals surface area contributed by atoms with Gasteiger partial charge in [-0.2, -0.15) is 18.4 Å². The van der Waals surface area contributed by atoms with Gasteiger partial charge in [-0.15, -0.1) is 0 Å². The lowest BCUT2D eigenvalue weighted by Gasteiger charge is -2.32. The van der Waals surface area contributed by atoms with Crippen LogP contribution in [-0.2, 0) is 19.1 Å². The van der Waals surface area contributed by atoms with Crippen LogP contribution in [0.1, 0.15) is 22.3 Å². The number of alkyl halides is 3. The highest BCUT2D eigenvalue weighted by molar-refractivity contribution is 5.60. The number of benzene rings is 2. The molecular weight excluding hydrogens is 335 g/mol. The van der Waals surface area contributed by atoms with Crippen molar-refractivity contribution in [2.75, 3.05) is 11.4 Å². The SMILES string of the molecule is N#Cc1ccc(C(F)(F)F)c(N2CCc3ccc([N+](=O)[O-])cc3C2)c1. The van der Waals surface area contributed by atoms with E-state index >= 15 is 0 Å². The van der Waals surface area contributed by atoms with Gasteiger partial charge in [-0.1, -0.05) is 6.07 Å². The standard InChI is InChI=1S/C17H12F3N3O2/c18-17(19,20)15-4-1-11(9-21)7-16(15)22-6-5-12-2-3-14(23(24)25)8-13(12)10-22/h1-4,7-8H,5-6,10H2. The molecule has 0 aromatic heterocycles. The molecule has 0 spiro atoms. The van der Waals surface area contributed by atoms with Crippen LogP contribution in [0.2, 0.25) is 0 Å². The predicted octanol–water partition coefficient (Wildman–Crippen LogP) is 4.05. The van der Waals surface area contributed by atoms with Gasteiger partial charge in [-0.05, 0) is 35.7 Å². The number of hydrogen-bond donors (Lipinski definition) is 0. The Morgan fingerprint density at radius 2 is 1.92 bits per heavy atom. The molecule has 0 N–H and O–H groups in total. The molecule has 0 aliphatic carbocycles. The number of nitro groups is 1. The van der Waals surface area contributed by atoms with E-state index in [-0.39, 0.29) is 23.5 Å². The van der Waals surface area contributed by atoms with E-state index in [1.165, 1.54) is 23.1 Å². The van der Waals surface area contributed by atoms with Gasteiger partial charge < -0.3 is 4.90 Å². The van der Waals surface area contributed by atoms with Crippen LogP contribution in [0.15, 0.2) is 36.4 Å². The molecule has 1 aliphatic rings. The average Bonchev–Trinajstić information content (AvgIpc) is 2.59. The first kappa shape index (κ1) is 16.8. The van der Waals surface area contributed by atoms with E-state index < -0.39 is 16.7 Å². The summed E-state index contributed by atoms with van der Waals surface area (Å²) in [6, 6.07) is 9.52. The molecule has 25 heavy (non-hydrogen) atoms. The van der Waals surface area contributed by atoms with E-state index in [0.29, 0.717) is 18.5 Å². The summed E-state index contributed by atoms with van der Waals surface area (Å²) in [6.07, 6.45) is -4.08. The third kappa shape index (κ3) is 3.26. The summed E-state index contributed by atoms with van der Waals surface area (Å²) >= 11 is 0. The van der Waals surface area contributed by atoms with Crippen molar-refractivity contribution in [3.8, 4) is 6.07 Å². The molecule has 0 radical (unpaired) electrons. The molecule has 2 aromatic carbocycles. The minimum atomic E-state index is -4.55. The van der Waals surface area contributed by atoms with E-state index in [1.54, 1.807) is 6.07 Å². The Labute approximate surface area is 141 Å². The molecule has 1 heterocycles. The van der Waals surface area contributed by atoms with Gasteiger partial charge in [0.2, 0.25) is 0 Å². The topological polar surface area (TPSA) is 70.2 Å². The Balaban J connectivity index is 2.03. The normalized spacial score (nSPS) is 13.9. The zero-order valence-corrected chi connectivity index (χ0v) is 12.9. The number of hydrogen-bond acceptors (Lipinski definition) is 4. The smallest absolute Gasteiger partial charge is 0.366 e. The van der Waals surface area contributed by atoms with E-state index in [0.717, 1.165) is 17.7 Å². The lowest BCUT2D eigenvalue weighted by Crippen LogP contribution is -2.32. The second-order valence-electron chi connectivity index (χ2n) is 5.72. The van der Waals surface area contributed by atoms with Crippen molar-refractivity contribution < 1.29 is 18.1 Å². The highest BCUT2D eigenvalue weighted by Crippen LogP contribution is 2.39. The van der Waals surface area contributed by atoms with Crippen LogP contribution in [0.25, 0.3) is 0 Å². The van der Waals surface area contributed by atoms with E-state index in [1.807, 2.05) is 6.07 Å². The van der Waals surface area contributed by atoms with Crippen molar-refractivity contribution >= 4 is 11.4 Å². The summed E-state index contributed by atoms with van der Waals surface area (Å²) in [7, 11) is 0. The molecule has 0 saturated heterocycles. The summed E-state index contributed by atoms with van der Waals surface area (Å²) in [5.74, 6) is 0. The number of fused-ring (bicyclic) bond motifs is 1. The Kier molecular flexibility index (Phi) is 4.08. The van der Waals surface area contributed by atoms with Crippen LogP contribution in [0.3, 0.4) is 0 Å². The minimum Gasteiger partial charge on any atom is -0.366 e. The lowest BCUT2D eigenvalue weighted by atomic mass is 9.97. The van der Waals surface area contributed by atoms with Gasteiger partial charge in [0.25, 0.3) is 5.69 Å². The zero-order valence-electron chi connectivity index (χ0n) is 12.9. The number of halogens is 3. The molecular formula is C17H12F3N3O2. The third-order valence-electron chi connectivity index (χ3n) is 4.19. The fourth-order valence-electron chi connectivity index (χ4n) is 2.97. The van der Waals surface area contributed by atoms with Crippen LogP contribution in [0.4, 0.5) is 24.5 Å². The molecule has 0 fully saturated rings. The molecule has 2 aromatic rings. The second-order valence-corrected chi connectivity index (χ2v) is 5.72. The number of anilines is 1. The van der Waals surface area contributed by atoms with Crippen molar-refractivity contribution in [2.24, 2.45) is 0 Å². The monoisotopic (exact) mass is 347 g/mol. The van der Waals surface area contributed by atoms with Crippen LogP contribution >= 0.6 is 0 Å². The maximum Gasteiger partial charge on any atom is 0.418 e. The Hall–Kier alpha value is -3.08. The molecule has 0 atom stereocenters. The maximum absolute atomic E-state index is 13.3. The fraction of sp³-hybridized carbons (Fsp3) is 0.235. The van der Waals surface area contributed by atoms with Gasteiger partial charge in [-0.3, -0.25) is 10.1 Å². The highest BCUT2D eigenvalue weighted by Gasteiger charge is 2.35. The molecule has 8 heteroatoms. The van der Waals surface area contributed by atoms with E-state index in [4.69, 9.17) is 5.26 Å². The molecule has 1 aliphatic heterocycles. The fourth-order valence-corrected chi connectivity index (χ4v) is 2.97. The number of non-ortho nitro benzene ring substituents is 1. The van der Waals surface area contributed by atoms with Crippen molar-refractivity contribution in [3.63, 3.8) is 0 Å². The maximum atomic E-state index is 13.3. The van der Waals surface area contributed by atoms with Crippen LogP contribution in [0, 0.1) is 21.4 Å². The van der Waals surface area contributed by atoms with Gasteiger partial charge in [0.05, 0.1) is 27.8 Å². The van der Waals surface area contributed by atoms with Crippen LogP contribution in [-0.4, -0.2) is 11.5 Å². The van der Waals surface area contributed by atoms with Gasteiger partial charge in [0.1, 0.15) is 0 Å². The Morgan fingerprint density at radius 3 is 2.56 bits per heavy atom. The van der Waals surface area contributed by atoms with E-state index in [9.17, 15) is 23.3 Å².